The van der Waals surface area contributed by atoms with Crippen LogP contribution in [-0.4, -0.2) is 39.8 Å². The monoisotopic (exact) mass is 390 g/mol. The summed E-state index contributed by atoms with van der Waals surface area (Å²) in [6, 6.07) is 13.9. The van der Waals surface area contributed by atoms with Gasteiger partial charge in [-0.25, -0.2) is 8.42 Å². The fraction of sp³-hybridized carbons (Fsp3) is 0.350. The molecule has 6 nitrogen and oxygen atoms in total. The van der Waals surface area contributed by atoms with Crippen molar-refractivity contribution in [1.29, 1.82) is 0 Å². The number of carbonyl (C=O) groups is 1. The molecule has 1 atom stereocenters. The Balaban J connectivity index is 2.04. The Morgan fingerprint density at radius 2 is 1.70 bits per heavy atom. The molecule has 0 aliphatic heterocycles. The lowest BCUT2D eigenvalue weighted by Gasteiger charge is -2.28. The number of ether oxygens (including phenoxy) is 1. The molecule has 2 aromatic rings. The number of hydrogen-bond acceptors (Lipinski definition) is 4. The average Bonchev–Trinajstić information content (AvgIpc) is 2.57. The van der Waals surface area contributed by atoms with Crippen molar-refractivity contribution >= 4 is 21.6 Å². The van der Waals surface area contributed by atoms with E-state index in [1.807, 2.05) is 50.2 Å². The van der Waals surface area contributed by atoms with Crippen molar-refractivity contribution in [3.8, 4) is 5.75 Å². The first kappa shape index (κ1) is 20.8. The van der Waals surface area contributed by atoms with Crippen LogP contribution in [0.1, 0.15) is 18.1 Å². The zero-order chi connectivity index (χ0) is 20.0. The maximum atomic E-state index is 12.5. The number of carbonyl (C=O) groups excluding carboxylic acids is 1. The molecule has 0 aromatic heterocycles. The van der Waals surface area contributed by atoms with E-state index in [-0.39, 0.29) is 12.5 Å². The number of para-hydroxylation sites is 1. The van der Waals surface area contributed by atoms with E-state index in [0.29, 0.717) is 18.0 Å². The molecular weight excluding hydrogens is 364 g/mol. The number of hydrogen-bond donors (Lipinski definition) is 1. The highest BCUT2D eigenvalue weighted by atomic mass is 32.2. The summed E-state index contributed by atoms with van der Waals surface area (Å²) in [7, 11) is -3.63. The summed E-state index contributed by atoms with van der Waals surface area (Å²) in [4.78, 5) is 12.5. The van der Waals surface area contributed by atoms with Crippen LogP contribution in [0, 0.1) is 13.8 Å². The Hall–Kier alpha value is -2.54. The van der Waals surface area contributed by atoms with Gasteiger partial charge in [0.15, 0.2) is 0 Å². The van der Waals surface area contributed by atoms with Gasteiger partial charge >= 0.3 is 0 Å². The van der Waals surface area contributed by atoms with Crippen molar-refractivity contribution in [1.82, 2.24) is 5.32 Å². The third-order valence-corrected chi connectivity index (χ3v) is 5.20. The Morgan fingerprint density at radius 3 is 2.26 bits per heavy atom. The lowest BCUT2D eigenvalue weighted by Crippen LogP contribution is -2.48. The van der Waals surface area contributed by atoms with Crippen molar-refractivity contribution < 1.29 is 17.9 Å². The highest BCUT2D eigenvalue weighted by molar-refractivity contribution is 7.92. The van der Waals surface area contributed by atoms with Crippen molar-refractivity contribution in [2.75, 3.05) is 23.7 Å². The molecule has 7 heteroatoms. The van der Waals surface area contributed by atoms with Crippen LogP contribution in [0.2, 0.25) is 0 Å². The fourth-order valence-corrected chi connectivity index (χ4v) is 4.05. The van der Waals surface area contributed by atoms with E-state index in [9.17, 15) is 13.2 Å². The molecule has 146 valence electrons. The number of anilines is 1. The minimum atomic E-state index is -3.63. The van der Waals surface area contributed by atoms with Crippen LogP contribution >= 0.6 is 0 Å². The minimum absolute atomic E-state index is 0.280. The number of nitrogens with zero attached hydrogens (tertiary/aromatic N) is 1. The molecule has 27 heavy (non-hydrogen) atoms. The summed E-state index contributed by atoms with van der Waals surface area (Å²) in [6.07, 6.45) is 1.10. The Kier molecular flexibility index (Phi) is 6.85. The van der Waals surface area contributed by atoms with Crippen LogP contribution in [0.15, 0.2) is 48.5 Å². The first-order valence-corrected chi connectivity index (χ1v) is 10.6. The van der Waals surface area contributed by atoms with Gasteiger partial charge in [0, 0.05) is 0 Å². The maximum Gasteiger partial charge on any atom is 0.243 e. The molecule has 0 aliphatic rings. The second-order valence-corrected chi connectivity index (χ2v) is 8.39. The summed E-state index contributed by atoms with van der Waals surface area (Å²) in [5, 5.41) is 2.73. The van der Waals surface area contributed by atoms with E-state index in [0.717, 1.165) is 21.7 Å². The normalized spacial score (nSPS) is 12.3. The Morgan fingerprint density at radius 1 is 1.11 bits per heavy atom. The minimum Gasteiger partial charge on any atom is -0.492 e. The zero-order valence-corrected chi connectivity index (χ0v) is 16.9. The molecule has 0 aliphatic carbocycles. The smallest absolute Gasteiger partial charge is 0.243 e. The van der Waals surface area contributed by atoms with E-state index in [4.69, 9.17) is 4.74 Å². The standard InChI is InChI=1S/C20H26N2O4S/c1-15-12-16(2)14-18(13-15)22(27(4,24)25)17(3)20(23)21-10-11-26-19-8-6-5-7-9-19/h5-9,12-14,17H,10-11H2,1-4H3,(H,21,23)/t17-/m0/s1. The molecule has 1 amide bonds. The van der Waals surface area contributed by atoms with Gasteiger partial charge in [0.25, 0.3) is 0 Å². The van der Waals surface area contributed by atoms with Crippen molar-refractivity contribution in [3.05, 3.63) is 59.7 Å². The largest absolute Gasteiger partial charge is 0.492 e. The SMILES string of the molecule is Cc1cc(C)cc(N([C@@H](C)C(=O)NCCOc2ccccc2)S(C)(=O)=O)c1. The lowest BCUT2D eigenvalue weighted by atomic mass is 10.1. The van der Waals surface area contributed by atoms with Gasteiger partial charge in [-0.1, -0.05) is 24.3 Å². The number of aryl methyl sites for hydroxylation is 2. The van der Waals surface area contributed by atoms with Gasteiger partial charge in [0.05, 0.1) is 18.5 Å². The molecule has 0 spiro atoms. The number of nitrogens with one attached hydrogen (secondary N) is 1. The topological polar surface area (TPSA) is 75.7 Å². The molecule has 2 rings (SSSR count). The molecule has 0 bridgehead atoms. The van der Waals surface area contributed by atoms with Crippen LogP contribution in [0.5, 0.6) is 5.75 Å². The summed E-state index contributed by atoms with van der Waals surface area (Å²) in [5.74, 6) is 0.337. The first-order valence-electron chi connectivity index (χ1n) is 8.72. The number of sulfonamides is 1. The number of benzene rings is 2. The number of amides is 1. The highest BCUT2D eigenvalue weighted by Gasteiger charge is 2.29. The van der Waals surface area contributed by atoms with E-state index >= 15 is 0 Å². The quantitative estimate of drug-likeness (QED) is 0.703. The first-order chi connectivity index (χ1) is 12.7. The van der Waals surface area contributed by atoms with Gasteiger partial charge in [-0.15, -0.1) is 0 Å². The summed E-state index contributed by atoms with van der Waals surface area (Å²) < 4.78 is 31.4. The van der Waals surface area contributed by atoms with Crippen LogP contribution in [-0.2, 0) is 14.8 Å². The van der Waals surface area contributed by atoms with Crippen LogP contribution in [0.25, 0.3) is 0 Å². The third kappa shape index (κ3) is 5.99. The molecule has 2 aromatic carbocycles. The Labute approximate surface area is 161 Å². The van der Waals surface area contributed by atoms with Crippen LogP contribution < -0.4 is 14.4 Å². The van der Waals surface area contributed by atoms with E-state index in [1.165, 1.54) is 0 Å². The molecule has 1 N–H and O–H groups in total. The highest BCUT2D eigenvalue weighted by Crippen LogP contribution is 2.23. The molecular formula is C20H26N2O4S. The zero-order valence-electron chi connectivity index (χ0n) is 16.1. The van der Waals surface area contributed by atoms with Crippen molar-refractivity contribution in [2.24, 2.45) is 0 Å². The van der Waals surface area contributed by atoms with Crippen molar-refractivity contribution in [2.45, 2.75) is 26.8 Å². The van der Waals surface area contributed by atoms with Gasteiger partial charge < -0.3 is 10.1 Å². The summed E-state index contributed by atoms with van der Waals surface area (Å²) in [6.45, 7) is 5.94. The molecule has 0 saturated carbocycles. The van der Waals surface area contributed by atoms with Gasteiger partial charge in [-0.05, 0) is 56.2 Å². The molecule has 0 unspecified atom stereocenters. The maximum absolute atomic E-state index is 12.5. The third-order valence-electron chi connectivity index (χ3n) is 3.96. The fourth-order valence-electron chi connectivity index (χ4n) is 2.89. The molecule has 0 radical (unpaired) electrons. The molecule has 0 heterocycles. The molecule has 0 saturated heterocycles. The van der Waals surface area contributed by atoms with Gasteiger partial charge in [0.1, 0.15) is 18.4 Å². The summed E-state index contributed by atoms with van der Waals surface area (Å²) in [5.41, 5.74) is 2.35. The van der Waals surface area contributed by atoms with Gasteiger partial charge in [0.2, 0.25) is 15.9 Å². The lowest BCUT2D eigenvalue weighted by molar-refractivity contribution is -0.121. The molecule has 0 fully saturated rings. The van der Waals surface area contributed by atoms with E-state index in [1.54, 1.807) is 19.1 Å². The van der Waals surface area contributed by atoms with Crippen LogP contribution in [0.4, 0.5) is 5.69 Å². The second-order valence-electron chi connectivity index (χ2n) is 6.53. The van der Waals surface area contributed by atoms with E-state index < -0.39 is 16.1 Å². The van der Waals surface area contributed by atoms with E-state index in [2.05, 4.69) is 5.32 Å². The van der Waals surface area contributed by atoms with Crippen LogP contribution in [0.3, 0.4) is 0 Å². The summed E-state index contributed by atoms with van der Waals surface area (Å²) >= 11 is 0. The Bertz CT molecular complexity index is 862. The second kappa shape index (κ2) is 8.90. The number of rotatable bonds is 8. The van der Waals surface area contributed by atoms with Crippen molar-refractivity contribution in [3.63, 3.8) is 0 Å². The predicted octanol–water partition coefficient (Wildman–Crippen LogP) is 2.65. The predicted molar refractivity (Wildman–Crippen MR) is 108 cm³/mol. The average molecular weight is 391 g/mol. The van der Waals surface area contributed by atoms with Gasteiger partial charge in [-0.3, -0.25) is 9.10 Å². The van der Waals surface area contributed by atoms with Gasteiger partial charge in [-0.2, -0.15) is 0 Å².